The van der Waals surface area contributed by atoms with Crippen LogP contribution in [0.3, 0.4) is 0 Å². The van der Waals surface area contributed by atoms with Crippen LogP contribution in [0.4, 0.5) is 5.13 Å². The standard InChI is InChI=1S/C27H31N3O2S.ClH/c1-4-29(5-2)17-18-30(27-28-26-23(32-6-3)15-10-16-24(26)33-27)25(31)19-21-13-9-12-20-11-7-8-14-22(20)21;/h7-16H,4-6,17-19H2,1-3H3;1H. The van der Waals surface area contributed by atoms with Gasteiger partial charge in [0.25, 0.3) is 0 Å². The van der Waals surface area contributed by atoms with Gasteiger partial charge >= 0.3 is 0 Å². The Hall–Kier alpha value is -2.67. The van der Waals surface area contributed by atoms with Crippen LogP contribution in [-0.4, -0.2) is 48.6 Å². The molecule has 0 N–H and O–H groups in total. The van der Waals surface area contributed by atoms with Gasteiger partial charge in [-0.2, -0.15) is 0 Å². The van der Waals surface area contributed by atoms with Crippen molar-refractivity contribution < 1.29 is 9.53 Å². The van der Waals surface area contributed by atoms with Crippen molar-refractivity contribution in [3.8, 4) is 5.75 Å². The predicted octanol–water partition coefficient (Wildman–Crippen LogP) is 6.19. The number of hydrogen-bond acceptors (Lipinski definition) is 5. The van der Waals surface area contributed by atoms with Crippen molar-refractivity contribution in [1.82, 2.24) is 9.88 Å². The third-order valence-corrected chi connectivity index (χ3v) is 7.00. The average molecular weight is 498 g/mol. The number of hydrogen-bond donors (Lipinski definition) is 0. The number of fused-ring (bicyclic) bond motifs is 2. The third kappa shape index (κ3) is 5.69. The molecule has 0 saturated heterocycles. The molecular formula is C27H32ClN3O2S. The Balaban J connectivity index is 0.00000324. The highest BCUT2D eigenvalue weighted by atomic mass is 35.5. The summed E-state index contributed by atoms with van der Waals surface area (Å²) in [4.78, 5) is 22.7. The molecule has 5 nitrogen and oxygen atoms in total. The van der Waals surface area contributed by atoms with Crippen molar-refractivity contribution in [2.75, 3.05) is 37.7 Å². The van der Waals surface area contributed by atoms with E-state index in [2.05, 4.69) is 36.9 Å². The molecule has 3 aromatic carbocycles. The van der Waals surface area contributed by atoms with Gasteiger partial charge in [-0.15, -0.1) is 12.4 Å². The maximum absolute atomic E-state index is 13.7. The van der Waals surface area contributed by atoms with Gasteiger partial charge in [0, 0.05) is 13.1 Å². The van der Waals surface area contributed by atoms with Gasteiger partial charge < -0.3 is 9.64 Å². The Morgan fingerprint density at radius 3 is 2.44 bits per heavy atom. The topological polar surface area (TPSA) is 45.7 Å². The fourth-order valence-corrected chi connectivity index (χ4v) is 5.14. The lowest BCUT2D eigenvalue weighted by Crippen LogP contribution is -2.39. The Bertz CT molecular complexity index is 1230. The van der Waals surface area contributed by atoms with Crippen LogP contribution in [0, 0.1) is 0 Å². The normalized spacial score (nSPS) is 11.1. The summed E-state index contributed by atoms with van der Waals surface area (Å²) in [5.41, 5.74) is 1.87. The largest absolute Gasteiger partial charge is 0.492 e. The summed E-state index contributed by atoms with van der Waals surface area (Å²) in [6.45, 7) is 10.2. The first-order valence-electron chi connectivity index (χ1n) is 11.7. The third-order valence-electron chi connectivity index (χ3n) is 5.96. The molecule has 0 atom stereocenters. The zero-order valence-corrected chi connectivity index (χ0v) is 21.6. The number of rotatable bonds is 10. The van der Waals surface area contributed by atoms with Gasteiger partial charge in [0.15, 0.2) is 5.13 Å². The maximum atomic E-state index is 13.7. The molecule has 4 aromatic rings. The molecule has 1 aromatic heterocycles. The number of para-hydroxylation sites is 1. The van der Waals surface area contributed by atoms with Gasteiger partial charge in [-0.05, 0) is 48.5 Å². The summed E-state index contributed by atoms with van der Waals surface area (Å²) in [6.07, 6.45) is 0.341. The Labute approximate surface area is 211 Å². The van der Waals surface area contributed by atoms with Gasteiger partial charge in [0.05, 0.1) is 17.7 Å². The summed E-state index contributed by atoms with van der Waals surface area (Å²) in [6, 6.07) is 20.3. The summed E-state index contributed by atoms with van der Waals surface area (Å²) >= 11 is 1.55. The predicted molar refractivity (Wildman–Crippen MR) is 146 cm³/mol. The van der Waals surface area contributed by atoms with E-state index in [1.165, 1.54) is 0 Å². The fraction of sp³-hybridized carbons (Fsp3) is 0.333. The molecule has 0 spiro atoms. The van der Waals surface area contributed by atoms with E-state index in [0.717, 1.165) is 57.1 Å². The van der Waals surface area contributed by atoms with Crippen LogP contribution in [0.15, 0.2) is 60.7 Å². The van der Waals surface area contributed by atoms with Gasteiger partial charge in [0.1, 0.15) is 11.3 Å². The fourth-order valence-electron chi connectivity index (χ4n) is 4.11. The number of anilines is 1. The average Bonchev–Trinajstić information content (AvgIpc) is 3.27. The molecule has 0 aliphatic heterocycles. The molecule has 0 saturated carbocycles. The molecule has 0 radical (unpaired) electrons. The molecule has 7 heteroatoms. The zero-order valence-electron chi connectivity index (χ0n) is 20.0. The van der Waals surface area contributed by atoms with E-state index in [-0.39, 0.29) is 18.3 Å². The Kier molecular flexibility index (Phi) is 9.28. The number of amides is 1. The molecule has 34 heavy (non-hydrogen) atoms. The second kappa shape index (κ2) is 12.2. The molecule has 4 rings (SSSR count). The lowest BCUT2D eigenvalue weighted by molar-refractivity contribution is -0.118. The van der Waals surface area contributed by atoms with Crippen LogP contribution in [0.25, 0.3) is 21.0 Å². The Morgan fingerprint density at radius 1 is 0.941 bits per heavy atom. The van der Waals surface area contributed by atoms with Crippen LogP contribution >= 0.6 is 23.7 Å². The molecule has 0 aliphatic carbocycles. The molecule has 1 heterocycles. The number of thiazole rings is 1. The molecule has 0 aliphatic rings. The quantitative estimate of drug-likeness (QED) is 0.262. The highest BCUT2D eigenvalue weighted by Gasteiger charge is 2.22. The molecule has 0 fully saturated rings. The second-order valence-electron chi connectivity index (χ2n) is 7.92. The molecule has 1 amide bonds. The number of likely N-dealkylation sites (N-methyl/N-ethyl adjacent to an activating group) is 1. The minimum atomic E-state index is 0. The zero-order chi connectivity index (χ0) is 23.2. The van der Waals surface area contributed by atoms with Crippen molar-refractivity contribution in [1.29, 1.82) is 0 Å². The lowest BCUT2D eigenvalue weighted by atomic mass is 10.0. The monoisotopic (exact) mass is 497 g/mol. The van der Waals surface area contributed by atoms with E-state index in [4.69, 9.17) is 9.72 Å². The first-order valence-corrected chi connectivity index (χ1v) is 12.5. The molecule has 0 bridgehead atoms. The first-order chi connectivity index (χ1) is 16.1. The maximum Gasteiger partial charge on any atom is 0.233 e. The van der Waals surface area contributed by atoms with Crippen LogP contribution in [0.2, 0.25) is 0 Å². The number of halogens is 1. The van der Waals surface area contributed by atoms with Crippen LogP contribution < -0.4 is 9.64 Å². The summed E-state index contributed by atoms with van der Waals surface area (Å²) in [7, 11) is 0. The summed E-state index contributed by atoms with van der Waals surface area (Å²) in [5, 5.41) is 3.01. The summed E-state index contributed by atoms with van der Waals surface area (Å²) < 4.78 is 6.81. The minimum Gasteiger partial charge on any atom is -0.492 e. The van der Waals surface area contributed by atoms with Gasteiger partial charge in [-0.25, -0.2) is 4.98 Å². The van der Waals surface area contributed by atoms with E-state index < -0.39 is 0 Å². The Morgan fingerprint density at radius 2 is 1.68 bits per heavy atom. The summed E-state index contributed by atoms with van der Waals surface area (Å²) in [5.74, 6) is 0.832. The number of carbonyl (C=O) groups excluding carboxylic acids is 1. The van der Waals surface area contributed by atoms with Crippen LogP contribution in [-0.2, 0) is 11.2 Å². The van der Waals surface area contributed by atoms with Gasteiger partial charge in [-0.1, -0.05) is 73.7 Å². The van der Waals surface area contributed by atoms with Crippen molar-refractivity contribution in [3.63, 3.8) is 0 Å². The lowest BCUT2D eigenvalue weighted by Gasteiger charge is -2.25. The molecule has 180 valence electrons. The minimum absolute atomic E-state index is 0. The smallest absolute Gasteiger partial charge is 0.233 e. The SMILES string of the molecule is CCOc1cccc2sc(N(CCN(CC)CC)C(=O)Cc3cccc4ccccc34)nc12.Cl. The molecular weight excluding hydrogens is 466 g/mol. The highest BCUT2D eigenvalue weighted by Crippen LogP contribution is 2.34. The van der Waals surface area contributed by atoms with Gasteiger partial charge in [-0.3, -0.25) is 9.69 Å². The van der Waals surface area contributed by atoms with E-state index in [0.29, 0.717) is 19.6 Å². The first kappa shape index (κ1) is 25.9. The number of benzene rings is 3. The van der Waals surface area contributed by atoms with Gasteiger partial charge in [0.2, 0.25) is 5.91 Å². The molecule has 0 unspecified atom stereocenters. The van der Waals surface area contributed by atoms with Crippen molar-refractivity contribution in [2.24, 2.45) is 0 Å². The second-order valence-corrected chi connectivity index (χ2v) is 8.93. The number of ether oxygens (including phenoxy) is 1. The van der Waals surface area contributed by atoms with Crippen molar-refractivity contribution in [3.05, 3.63) is 66.2 Å². The van der Waals surface area contributed by atoms with E-state index in [1.54, 1.807) is 11.3 Å². The number of carbonyl (C=O) groups is 1. The van der Waals surface area contributed by atoms with E-state index in [1.807, 2.05) is 54.3 Å². The van der Waals surface area contributed by atoms with E-state index in [9.17, 15) is 4.79 Å². The van der Waals surface area contributed by atoms with Crippen molar-refractivity contribution in [2.45, 2.75) is 27.2 Å². The number of nitrogens with zero attached hydrogens (tertiary/aromatic N) is 3. The number of aromatic nitrogens is 1. The van der Waals surface area contributed by atoms with Crippen molar-refractivity contribution >= 4 is 55.8 Å². The van der Waals surface area contributed by atoms with E-state index >= 15 is 0 Å². The van der Waals surface area contributed by atoms with Crippen LogP contribution in [0.5, 0.6) is 5.75 Å². The highest BCUT2D eigenvalue weighted by molar-refractivity contribution is 7.22. The van der Waals surface area contributed by atoms with Crippen LogP contribution in [0.1, 0.15) is 26.3 Å².